The van der Waals surface area contributed by atoms with Crippen LogP contribution < -0.4 is 11.1 Å². The number of anilines is 2. The molecule has 3 N–H and O–H groups in total. The van der Waals surface area contributed by atoms with E-state index in [0.717, 1.165) is 4.70 Å². The summed E-state index contributed by atoms with van der Waals surface area (Å²) >= 11 is 1.17. The lowest BCUT2D eigenvalue weighted by Crippen LogP contribution is -2.16. The van der Waals surface area contributed by atoms with Crippen LogP contribution in [0, 0.1) is 0 Å². The molecule has 0 fully saturated rings. The van der Waals surface area contributed by atoms with Gasteiger partial charge in [-0.2, -0.15) is 13.2 Å². The molecule has 2 aromatic rings. The number of nitrogen functional groups attached to an aromatic ring is 1. The normalized spacial score (nSPS) is 11.7. The molecule has 8 heteroatoms. The molecule has 0 radical (unpaired) electrons. The molecule has 0 unspecified atom stereocenters. The van der Waals surface area contributed by atoms with E-state index < -0.39 is 24.9 Å². The van der Waals surface area contributed by atoms with Crippen LogP contribution in [0.4, 0.5) is 24.0 Å². The molecular formula is C11H10F3N3OS. The summed E-state index contributed by atoms with van der Waals surface area (Å²) in [4.78, 5) is 15.4. The van der Waals surface area contributed by atoms with Crippen LogP contribution in [-0.4, -0.2) is 17.1 Å². The number of fused-ring (bicyclic) bond motifs is 1. The number of aromatic nitrogens is 1. The van der Waals surface area contributed by atoms with E-state index in [4.69, 9.17) is 5.73 Å². The topological polar surface area (TPSA) is 68.0 Å². The number of hydrogen-bond acceptors (Lipinski definition) is 4. The maximum absolute atomic E-state index is 12.0. The lowest BCUT2D eigenvalue weighted by molar-refractivity contribution is -0.142. The fraction of sp³-hybridized carbons (Fsp3) is 0.273. The van der Waals surface area contributed by atoms with E-state index in [1.165, 1.54) is 11.3 Å². The van der Waals surface area contributed by atoms with E-state index in [0.29, 0.717) is 11.2 Å². The van der Waals surface area contributed by atoms with Crippen molar-refractivity contribution in [3.05, 3.63) is 18.2 Å². The maximum atomic E-state index is 12.0. The Kier molecular flexibility index (Phi) is 3.61. The maximum Gasteiger partial charge on any atom is 0.389 e. The van der Waals surface area contributed by atoms with Gasteiger partial charge < -0.3 is 11.1 Å². The minimum absolute atomic E-state index is 0.271. The highest BCUT2D eigenvalue weighted by Gasteiger charge is 2.28. The van der Waals surface area contributed by atoms with Gasteiger partial charge in [-0.15, -0.1) is 0 Å². The zero-order chi connectivity index (χ0) is 14.0. The molecule has 2 rings (SSSR count). The predicted molar refractivity (Wildman–Crippen MR) is 68.0 cm³/mol. The molecule has 0 aliphatic heterocycles. The summed E-state index contributed by atoms with van der Waals surface area (Å²) < 4.78 is 36.6. The van der Waals surface area contributed by atoms with E-state index in [9.17, 15) is 18.0 Å². The Bertz CT molecular complexity index is 609. The molecule has 0 saturated heterocycles. The molecule has 102 valence electrons. The van der Waals surface area contributed by atoms with Crippen LogP contribution >= 0.6 is 11.3 Å². The predicted octanol–water partition coefficient (Wildman–Crippen LogP) is 3.16. The summed E-state index contributed by atoms with van der Waals surface area (Å²) in [6.07, 6.45) is -6.09. The van der Waals surface area contributed by atoms with Crippen LogP contribution in [0.25, 0.3) is 10.2 Å². The Morgan fingerprint density at radius 3 is 2.84 bits per heavy atom. The average molecular weight is 289 g/mol. The minimum atomic E-state index is -4.33. The SMILES string of the molecule is Nc1ccc2nc(NC(=O)CCC(F)(F)F)sc2c1. The van der Waals surface area contributed by atoms with Gasteiger partial charge in [-0.3, -0.25) is 4.79 Å². The van der Waals surface area contributed by atoms with E-state index >= 15 is 0 Å². The third kappa shape index (κ3) is 3.82. The highest BCUT2D eigenvalue weighted by molar-refractivity contribution is 7.22. The van der Waals surface area contributed by atoms with Gasteiger partial charge >= 0.3 is 6.18 Å². The Morgan fingerprint density at radius 1 is 1.42 bits per heavy atom. The molecule has 19 heavy (non-hydrogen) atoms. The van der Waals surface area contributed by atoms with Gasteiger partial charge in [-0.1, -0.05) is 11.3 Å². The number of nitrogens with one attached hydrogen (secondary N) is 1. The zero-order valence-corrected chi connectivity index (χ0v) is 10.4. The van der Waals surface area contributed by atoms with Crippen LogP contribution in [0.5, 0.6) is 0 Å². The van der Waals surface area contributed by atoms with Gasteiger partial charge in [0.05, 0.1) is 16.6 Å². The molecule has 0 aliphatic carbocycles. The van der Waals surface area contributed by atoms with Gasteiger partial charge in [-0.05, 0) is 18.2 Å². The average Bonchev–Trinajstić information content (AvgIpc) is 2.66. The van der Waals surface area contributed by atoms with Crippen molar-refractivity contribution < 1.29 is 18.0 Å². The number of carbonyl (C=O) groups excluding carboxylic acids is 1. The smallest absolute Gasteiger partial charge is 0.389 e. The van der Waals surface area contributed by atoms with Gasteiger partial charge in [0.2, 0.25) is 5.91 Å². The number of thiazole rings is 1. The standard InChI is InChI=1S/C11H10F3N3OS/c12-11(13,14)4-3-9(18)17-10-16-7-2-1-6(15)5-8(7)19-10/h1-2,5H,3-4,15H2,(H,16,17,18). The minimum Gasteiger partial charge on any atom is -0.399 e. The van der Waals surface area contributed by atoms with Crippen molar-refractivity contribution in [2.75, 3.05) is 11.1 Å². The van der Waals surface area contributed by atoms with Crippen LogP contribution in [0.15, 0.2) is 18.2 Å². The molecule has 1 aromatic carbocycles. The van der Waals surface area contributed by atoms with E-state index in [-0.39, 0.29) is 5.13 Å². The number of alkyl halides is 3. The van der Waals surface area contributed by atoms with E-state index in [1.807, 2.05) is 0 Å². The van der Waals surface area contributed by atoms with E-state index in [2.05, 4.69) is 10.3 Å². The lowest BCUT2D eigenvalue weighted by atomic mass is 10.3. The molecule has 1 heterocycles. The molecule has 0 saturated carbocycles. The fourth-order valence-corrected chi connectivity index (χ4v) is 2.36. The van der Waals surface area contributed by atoms with Gasteiger partial charge in [-0.25, -0.2) is 4.98 Å². The zero-order valence-electron chi connectivity index (χ0n) is 9.62. The summed E-state index contributed by atoms with van der Waals surface area (Å²) in [5, 5.41) is 2.62. The Hall–Kier alpha value is -1.83. The van der Waals surface area contributed by atoms with Crippen molar-refractivity contribution in [2.45, 2.75) is 19.0 Å². The first-order valence-electron chi connectivity index (χ1n) is 5.36. The second kappa shape index (κ2) is 5.04. The van der Waals surface area contributed by atoms with Crippen LogP contribution in [0.3, 0.4) is 0 Å². The van der Waals surface area contributed by atoms with Crippen molar-refractivity contribution in [3.8, 4) is 0 Å². The summed E-state index contributed by atoms with van der Waals surface area (Å²) in [5.74, 6) is -0.704. The monoisotopic (exact) mass is 289 g/mol. The van der Waals surface area contributed by atoms with Crippen molar-refractivity contribution in [1.29, 1.82) is 0 Å². The summed E-state index contributed by atoms with van der Waals surface area (Å²) in [5.41, 5.74) is 6.80. The van der Waals surface area contributed by atoms with Gasteiger partial charge in [0, 0.05) is 12.1 Å². The number of nitrogens with zero attached hydrogens (tertiary/aromatic N) is 1. The fourth-order valence-electron chi connectivity index (χ4n) is 1.43. The number of carbonyl (C=O) groups is 1. The quantitative estimate of drug-likeness (QED) is 0.853. The summed E-state index contributed by atoms with van der Waals surface area (Å²) in [6, 6.07) is 5.04. The van der Waals surface area contributed by atoms with Crippen LogP contribution in [-0.2, 0) is 4.79 Å². The second-order valence-electron chi connectivity index (χ2n) is 3.91. The Balaban J connectivity index is 2.03. The number of halogens is 3. The van der Waals surface area contributed by atoms with Crippen molar-refractivity contribution in [1.82, 2.24) is 4.98 Å². The van der Waals surface area contributed by atoms with Gasteiger partial charge in [0.15, 0.2) is 5.13 Å². The van der Waals surface area contributed by atoms with Crippen LogP contribution in [0.1, 0.15) is 12.8 Å². The Morgan fingerprint density at radius 2 is 2.16 bits per heavy atom. The van der Waals surface area contributed by atoms with Crippen molar-refractivity contribution in [2.24, 2.45) is 0 Å². The Labute approximate surface area is 110 Å². The molecule has 0 spiro atoms. The largest absolute Gasteiger partial charge is 0.399 e. The molecule has 0 bridgehead atoms. The number of benzene rings is 1. The molecule has 1 amide bonds. The van der Waals surface area contributed by atoms with Gasteiger partial charge in [0.1, 0.15) is 0 Å². The molecule has 0 aliphatic rings. The highest BCUT2D eigenvalue weighted by Crippen LogP contribution is 2.28. The number of nitrogens with two attached hydrogens (primary N) is 1. The van der Waals surface area contributed by atoms with E-state index in [1.54, 1.807) is 18.2 Å². The van der Waals surface area contributed by atoms with Crippen molar-refractivity contribution >= 4 is 38.3 Å². The molecular weight excluding hydrogens is 279 g/mol. The first-order valence-corrected chi connectivity index (χ1v) is 6.18. The molecule has 1 aromatic heterocycles. The third-order valence-electron chi connectivity index (χ3n) is 2.29. The number of amides is 1. The summed E-state index contributed by atoms with van der Waals surface area (Å²) in [7, 11) is 0. The molecule has 4 nitrogen and oxygen atoms in total. The van der Waals surface area contributed by atoms with Crippen LogP contribution in [0.2, 0.25) is 0 Å². The second-order valence-corrected chi connectivity index (χ2v) is 4.94. The number of rotatable bonds is 3. The number of hydrogen-bond donors (Lipinski definition) is 2. The third-order valence-corrected chi connectivity index (χ3v) is 3.23. The first kappa shape index (κ1) is 13.6. The highest BCUT2D eigenvalue weighted by atomic mass is 32.1. The van der Waals surface area contributed by atoms with Gasteiger partial charge in [0.25, 0.3) is 0 Å². The van der Waals surface area contributed by atoms with Crippen molar-refractivity contribution in [3.63, 3.8) is 0 Å². The molecule has 0 atom stereocenters. The lowest BCUT2D eigenvalue weighted by Gasteiger charge is -2.05. The first-order chi connectivity index (χ1) is 8.83. The summed E-state index contributed by atoms with van der Waals surface area (Å²) in [6.45, 7) is 0.